The first-order valence-corrected chi connectivity index (χ1v) is 9.49. The van der Waals surface area contributed by atoms with Crippen LogP contribution >= 0.6 is 0 Å². The number of benzene rings is 2. The van der Waals surface area contributed by atoms with Crippen LogP contribution in [0.5, 0.6) is 0 Å². The average Bonchev–Trinajstić information content (AvgIpc) is 3.06. The van der Waals surface area contributed by atoms with Crippen LogP contribution in [0, 0.1) is 17.1 Å². The zero-order valence-corrected chi connectivity index (χ0v) is 14.9. The Morgan fingerprint density at radius 1 is 1.11 bits per heavy atom. The predicted molar refractivity (Wildman–Crippen MR) is 90.2 cm³/mol. The van der Waals surface area contributed by atoms with Gasteiger partial charge in [-0.05, 0) is 29.8 Å². The van der Waals surface area contributed by atoms with Crippen LogP contribution in [-0.4, -0.2) is 19.8 Å². The van der Waals surface area contributed by atoms with Crippen LogP contribution in [0.15, 0.2) is 51.9 Å². The first-order chi connectivity index (χ1) is 13.0. The Morgan fingerprint density at radius 3 is 2.39 bits per heavy atom. The first kappa shape index (κ1) is 19.6. The van der Waals surface area contributed by atoms with Gasteiger partial charge in [0.2, 0.25) is 5.76 Å². The summed E-state index contributed by atoms with van der Waals surface area (Å²) in [5.41, 5.74) is -0.743. The lowest BCUT2D eigenvalue weighted by atomic mass is 9.98. The monoisotopic (exact) mass is 410 g/mol. The Kier molecular flexibility index (Phi) is 4.72. The molecule has 10 heteroatoms. The second kappa shape index (κ2) is 6.76. The molecule has 1 heterocycles. The summed E-state index contributed by atoms with van der Waals surface area (Å²) < 4.78 is 82.1. The number of rotatable bonds is 3. The van der Waals surface area contributed by atoms with E-state index in [4.69, 9.17) is 5.26 Å². The van der Waals surface area contributed by atoms with E-state index in [0.29, 0.717) is 6.07 Å². The van der Waals surface area contributed by atoms with Crippen LogP contribution in [0.25, 0.3) is 22.4 Å². The number of nitrogens with zero attached hydrogens (tertiary/aromatic N) is 2. The maximum Gasteiger partial charge on any atom is 0.453 e. The zero-order chi connectivity index (χ0) is 20.7. The fourth-order valence-electron chi connectivity index (χ4n) is 2.64. The minimum atomic E-state index is -4.93. The molecule has 144 valence electrons. The number of sulfone groups is 1. The van der Waals surface area contributed by atoms with E-state index in [2.05, 4.69) is 9.68 Å². The summed E-state index contributed by atoms with van der Waals surface area (Å²) in [6, 6.07) is 10.1. The summed E-state index contributed by atoms with van der Waals surface area (Å²) in [6.07, 6.45) is -4.15. The highest BCUT2D eigenvalue weighted by Crippen LogP contribution is 2.43. The third kappa shape index (κ3) is 3.61. The molecule has 0 fully saturated rings. The number of alkyl halides is 3. The third-order valence-corrected chi connectivity index (χ3v) is 4.96. The maximum absolute atomic E-state index is 14.3. The molecule has 1 aromatic heterocycles. The summed E-state index contributed by atoms with van der Waals surface area (Å²) in [6.45, 7) is 0. The van der Waals surface area contributed by atoms with Gasteiger partial charge in [0.05, 0.1) is 17.2 Å². The topological polar surface area (TPSA) is 84.0 Å². The Hall–Kier alpha value is -3.19. The molecule has 0 N–H and O–H groups in total. The van der Waals surface area contributed by atoms with Crippen molar-refractivity contribution >= 4 is 9.84 Å². The number of aromatic nitrogens is 1. The highest BCUT2D eigenvalue weighted by Gasteiger charge is 2.41. The van der Waals surface area contributed by atoms with Gasteiger partial charge in [0, 0.05) is 11.8 Å². The molecule has 0 saturated carbocycles. The van der Waals surface area contributed by atoms with E-state index >= 15 is 0 Å². The molecule has 0 bridgehead atoms. The van der Waals surface area contributed by atoms with Crippen LogP contribution in [0.4, 0.5) is 17.6 Å². The summed E-state index contributed by atoms with van der Waals surface area (Å²) in [5, 5.41) is 12.5. The summed E-state index contributed by atoms with van der Waals surface area (Å²) in [7, 11) is -3.90. The highest BCUT2D eigenvalue weighted by molar-refractivity contribution is 7.90. The van der Waals surface area contributed by atoms with Crippen LogP contribution < -0.4 is 0 Å². The SMILES string of the molecule is CS(=O)(=O)c1ccc(-c2c(-c3cccc(C#N)c3)noc2C(F)(F)F)cc1F. The van der Waals surface area contributed by atoms with Gasteiger partial charge in [0.25, 0.3) is 0 Å². The second-order valence-electron chi connectivity index (χ2n) is 5.84. The van der Waals surface area contributed by atoms with Gasteiger partial charge in [-0.15, -0.1) is 0 Å². The van der Waals surface area contributed by atoms with E-state index in [9.17, 15) is 26.0 Å². The number of nitriles is 1. The Balaban J connectivity index is 2.29. The molecule has 0 aliphatic rings. The lowest BCUT2D eigenvalue weighted by Gasteiger charge is -2.09. The van der Waals surface area contributed by atoms with E-state index in [0.717, 1.165) is 18.4 Å². The largest absolute Gasteiger partial charge is 0.453 e. The molecule has 0 atom stereocenters. The Labute approximate surface area is 156 Å². The number of halogens is 4. The van der Waals surface area contributed by atoms with Gasteiger partial charge in [-0.3, -0.25) is 0 Å². The molecule has 5 nitrogen and oxygen atoms in total. The average molecular weight is 410 g/mol. The minimum absolute atomic E-state index is 0.154. The fraction of sp³-hybridized carbons (Fsp3) is 0.111. The second-order valence-corrected chi connectivity index (χ2v) is 7.83. The number of hydrogen-bond donors (Lipinski definition) is 0. The molecular weight excluding hydrogens is 400 g/mol. The van der Waals surface area contributed by atoms with Gasteiger partial charge >= 0.3 is 6.18 Å². The van der Waals surface area contributed by atoms with E-state index in [1.807, 2.05) is 6.07 Å². The molecule has 0 aliphatic heterocycles. The molecule has 0 saturated heterocycles. The van der Waals surface area contributed by atoms with Crippen molar-refractivity contribution in [1.82, 2.24) is 5.16 Å². The van der Waals surface area contributed by atoms with Crippen LogP contribution in [0.3, 0.4) is 0 Å². The van der Waals surface area contributed by atoms with Crippen LogP contribution in [-0.2, 0) is 16.0 Å². The molecule has 28 heavy (non-hydrogen) atoms. The van der Waals surface area contributed by atoms with Crippen molar-refractivity contribution in [3.05, 3.63) is 59.6 Å². The predicted octanol–water partition coefficient (Wildman–Crippen LogP) is 4.44. The van der Waals surface area contributed by atoms with E-state index < -0.39 is 38.0 Å². The Morgan fingerprint density at radius 2 is 1.82 bits per heavy atom. The molecule has 0 amide bonds. The third-order valence-electron chi connectivity index (χ3n) is 3.83. The molecule has 2 aromatic carbocycles. The quantitative estimate of drug-likeness (QED) is 0.596. The van der Waals surface area contributed by atoms with Crippen LogP contribution in [0.1, 0.15) is 11.3 Å². The van der Waals surface area contributed by atoms with Crippen molar-refractivity contribution in [1.29, 1.82) is 5.26 Å². The van der Waals surface area contributed by atoms with Gasteiger partial charge in [0.15, 0.2) is 9.84 Å². The van der Waals surface area contributed by atoms with Crippen molar-refractivity contribution in [3.8, 4) is 28.5 Å². The molecule has 3 aromatic rings. The molecule has 3 rings (SSSR count). The molecule has 0 spiro atoms. The van der Waals surface area contributed by atoms with Gasteiger partial charge in [-0.25, -0.2) is 12.8 Å². The van der Waals surface area contributed by atoms with Crippen molar-refractivity contribution in [2.75, 3.05) is 6.26 Å². The van der Waals surface area contributed by atoms with Crippen molar-refractivity contribution < 1.29 is 30.5 Å². The lowest BCUT2D eigenvalue weighted by molar-refractivity contribution is -0.154. The van der Waals surface area contributed by atoms with Gasteiger partial charge in [-0.2, -0.15) is 18.4 Å². The lowest BCUT2D eigenvalue weighted by Crippen LogP contribution is -2.06. The molecule has 0 aliphatic carbocycles. The van der Waals surface area contributed by atoms with Crippen molar-refractivity contribution in [2.45, 2.75) is 11.1 Å². The summed E-state index contributed by atoms with van der Waals surface area (Å²) in [4.78, 5) is -0.644. The van der Waals surface area contributed by atoms with Gasteiger partial charge in [0.1, 0.15) is 16.4 Å². The smallest absolute Gasteiger partial charge is 0.350 e. The minimum Gasteiger partial charge on any atom is -0.350 e. The van der Waals surface area contributed by atoms with E-state index in [1.54, 1.807) is 0 Å². The molecule has 0 unspecified atom stereocenters. The normalized spacial score (nSPS) is 12.0. The van der Waals surface area contributed by atoms with Crippen molar-refractivity contribution in [3.63, 3.8) is 0 Å². The van der Waals surface area contributed by atoms with Gasteiger partial charge < -0.3 is 4.52 Å². The summed E-state index contributed by atoms with van der Waals surface area (Å²) >= 11 is 0. The van der Waals surface area contributed by atoms with Gasteiger partial charge in [-0.1, -0.05) is 23.4 Å². The van der Waals surface area contributed by atoms with Crippen LogP contribution in [0.2, 0.25) is 0 Å². The van der Waals surface area contributed by atoms with E-state index in [1.165, 1.54) is 24.3 Å². The molecular formula is C18H10F4N2O3S. The standard InChI is InChI=1S/C18H10F4N2O3S/c1-28(25,26)14-6-5-11(8-13(14)19)15-16(24-27-17(15)18(20,21)22)12-4-2-3-10(7-12)9-23/h2-8H,1H3. The summed E-state index contributed by atoms with van der Waals surface area (Å²) in [5.74, 6) is -2.66. The van der Waals surface area contributed by atoms with Crippen molar-refractivity contribution in [2.24, 2.45) is 0 Å². The Bertz CT molecular complexity index is 1210. The number of hydrogen-bond acceptors (Lipinski definition) is 5. The fourth-order valence-corrected chi connectivity index (χ4v) is 3.37. The highest BCUT2D eigenvalue weighted by atomic mass is 32.2. The zero-order valence-electron chi connectivity index (χ0n) is 14.1. The first-order valence-electron chi connectivity index (χ1n) is 7.59. The molecule has 0 radical (unpaired) electrons. The maximum atomic E-state index is 14.3. The van der Waals surface area contributed by atoms with E-state index in [-0.39, 0.29) is 22.4 Å².